The van der Waals surface area contributed by atoms with Gasteiger partial charge in [0.05, 0.1) is 6.42 Å². The summed E-state index contributed by atoms with van der Waals surface area (Å²) in [4.78, 5) is 10.9. The molecule has 0 radical (unpaired) electrons. The van der Waals surface area contributed by atoms with Crippen molar-refractivity contribution in [2.75, 3.05) is 6.54 Å². The Hall–Kier alpha value is -0.740. The lowest BCUT2D eigenvalue weighted by atomic mass is 10.1. The zero-order valence-corrected chi connectivity index (χ0v) is 7.74. The highest BCUT2D eigenvalue weighted by Crippen LogP contribution is 2.18. The SMILES string of the molecule is CC(C)CC(=O)NCCC(F)(F)F. The van der Waals surface area contributed by atoms with Gasteiger partial charge in [-0.3, -0.25) is 4.79 Å². The molecule has 0 aromatic carbocycles. The summed E-state index contributed by atoms with van der Waals surface area (Å²) in [6.45, 7) is 3.35. The van der Waals surface area contributed by atoms with E-state index in [1.54, 1.807) is 0 Å². The van der Waals surface area contributed by atoms with E-state index < -0.39 is 12.6 Å². The van der Waals surface area contributed by atoms with Gasteiger partial charge in [-0.15, -0.1) is 0 Å². The lowest BCUT2D eigenvalue weighted by Gasteiger charge is -2.08. The second-order valence-corrected chi connectivity index (χ2v) is 3.31. The van der Waals surface area contributed by atoms with E-state index in [-0.39, 0.29) is 24.8 Å². The first-order chi connectivity index (χ1) is 5.81. The van der Waals surface area contributed by atoms with E-state index in [0.29, 0.717) is 0 Å². The number of carbonyl (C=O) groups excluding carboxylic acids is 1. The first-order valence-corrected chi connectivity index (χ1v) is 4.14. The summed E-state index contributed by atoms with van der Waals surface area (Å²) in [6, 6.07) is 0. The van der Waals surface area contributed by atoms with E-state index in [0.717, 1.165) is 0 Å². The van der Waals surface area contributed by atoms with Gasteiger partial charge in [-0.25, -0.2) is 0 Å². The Kier molecular flexibility index (Phi) is 4.80. The number of nitrogens with one attached hydrogen (secondary N) is 1. The quantitative estimate of drug-likeness (QED) is 0.734. The first-order valence-electron chi connectivity index (χ1n) is 4.14. The van der Waals surface area contributed by atoms with Crippen LogP contribution in [0.5, 0.6) is 0 Å². The van der Waals surface area contributed by atoms with E-state index in [1.807, 2.05) is 13.8 Å². The molecule has 0 spiro atoms. The number of amides is 1. The summed E-state index contributed by atoms with van der Waals surface area (Å²) in [5.74, 6) is -0.148. The third-order valence-corrected chi connectivity index (χ3v) is 1.32. The molecule has 78 valence electrons. The van der Waals surface area contributed by atoms with Crippen LogP contribution in [0.4, 0.5) is 13.2 Å². The molecule has 13 heavy (non-hydrogen) atoms. The molecule has 0 aliphatic carbocycles. The molecule has 0 atom stereocenters. The van der Waals surface area contributed by atoms with Crippen molar-refractivity contribution in [2.24, 2.45) is 5.92 Å². The monoisotopic (exact) mass is 197 g/mol. The van der Waals surface area contributed by atoms with Crippen molar-refractivity contribution in [3.63, 3.8) is 0 Å². The van der Waals surface area contributed by atoms with Gasteiger partial charge in [-0.2, -0.15) is 13.2 Å². The van der Waals surface area contributed by atoms with Gasteiger partial charge in [-0.05, 0) is 5.92 Å². The summed E-state index contributed by atoms with van der Waals surface area (Å²) >= 11 is 0. The van der Waals surface area contributed by atoms with Crippen molar-refractivity contribution in [2.45, 2.75) is 32.9 Å². The molecule has 0 fully saturated rings. The minimum absolute atomic E-state index is 0.172. The Morgan fingerprint density at radius 1 is 1.38 bits per heavy atom. The normalized spacial score (nSPS) is 11.8. The zero-order chi connectivity index (χ0) is 10.5. The van der Waals surface area contributed by atoms with Crippen LogP contribution >= 0.6 is 0 Å². The fraction of sp³-hybridized carbons (Fsp3) is 0.875. The van der Waals surface area contributed by atoms with Crippen molar-refractivity contribution in [3.05, 3.63) is 0 Å². The number of hydrogen-bond acceptors (Lipinski definition) is 1. The maximum atomic E-state index is 11.6. The van der Waals surface area contributed by atoms with E-state index in [2.05, 4.69) is 5.32 Å². The van der Waals surface area contributed by atoms with E-state index in [4.69, 9.17) is 0 Å². The highest BCUT2D eigenvalue weighted by molar-refractivity contribution is 5.75. The average Bonchev–Trinajstić information content (AvgIpc) is 1.81. The van der Waals surface area contributed by atoms with Gasteiger partial charge in [0, 0.05) is 13.0 Å². The van der Waals surface area contributed by atoms with Crippen LogP contribution in [0.2, 0.25) is 0 Å². The topological polar surface area (TPSA) is 29.1 Å². The number of carbonyl (C=O) groups is 1. The molecule has 0 aliphatic heterocycles. The summed E-state index contributed by atoms with van der Waals surface area (Å²) in [5.41, 5.74) is 0. The second-order valence-electron chi connectivity index (χ2n) is 3.31. The molecule has 0 rings (SSSR count). The lowest BCUT2D eigenvalue weighted by molar-refractivity contribution is -0.135. The fourth-order valence-electron chi connectivity index (χ4n) is 0.787. The summed E-state index contributed by atoms with van der Waals surface area (Å²) < 4.78 is 34.9. The number of halogens is 3. The maximum Gasteiger partial charge on any atom is 0.390 e. The molecule has 0 aromatic rings. The summed E-state index contributed by atoms with van der Waals surface area (Å²) in [6.07, 6.45) is -4.88. The number of alkyl halides is 3. The lowest BCUT2D eigenvalue weighted by Crippen LogP contribution is -2.28. The first kappa shape index (κ1) is 12.3. The largest absolute Gasteiger partial charge is 0.390 e. The average molecular weight is 197 g/mol. The molecule has 0 aliphatic rings. The van der Waals surface area contributed by atoms with Crippen LogP contribution in [-0.2, 0) is 4.79 Å². The van der Waals surface area contributed by atoms with Crippen LogP contribution in [-0.4, -0.2) is 18.6 Å². The molecule has 0 saturated carbocycles. The fourth-order valence-corrected chi connectivity index (χ4v) is 0.787. The van der Waals surface area contributed by atoms with Crippen molar-refractivity contribution in [1.82, 2.24) is 5.32 Å². The summed E-state index contributed by atoms with van der Waals surface area (Å²) in [7, 11) is 0. The number of rotatable bonds is 4. The van der Waals surface area contributed by atoms with Crippen molar-refractivity contribution >= 4 is 5.91 Å². The maximum absolute atomic E-state index is 11.6. The Bertz CT molecular complexity index is 165. The van der Waals surface area contributed by atoms with Gasteiger partial charge in [-0.1, -0.05) is 13.8 Å². The van der Waals surface area contributed by atoms with Gasteiger partial charge < -0.3 is 5.32 Å². The molecule has 0 aromatic heterocycles. The van der Waals surface area contributed by atoms with Gasteiger partial charge in [0.1, 0.15) is 0 Å². The molecule has 0 heterocycles. The minimum atomic E-state index is -4.19. The highest BCUT2D eigenvalue weighted by Gasteiger charge is 2.26. The molecular weight excluding hydrogens is 183 g/mol. The zero-order valence-electron chi connectivity index (χ0n) is 7.74. The molecule has 0 saturated heterocycles. The van der Waals surface area contributed by atoms with E-state index in [9.17, 15) is 18.0 Å². The van der Waals surface area contributed by atoms with Crippen LogP contribution in [0.25, 0.3) is 0 Å². The predicted octanol–water partition coefficient (Wildman–Crippen LogP) is 2.10. The Morgan fingerprint density at radius 2 is 1.92 bits per heavy atom. The van der Waals surface area contributed by atoms with Crippen molar-refractivity contribution < 1.29 is 18.0 Å². The summed E-state index contributed by atoms with van der Waals surface area (Å²) in [5, 5.41) is 2.21. The van der Waals surface area contributed by atoms with Gasteiger partial charge in [0.15, 0.2) is 0 Å². The third kappa shape index (κ3) is 9.17. The Balaban J connectivity index is 3.49. The molecular formula is C8H14F3NO. The van der Waals surface area contributed by atoms with Gasteiger partial charge in [0.2, 0.25) is 5.91 Å². The second kappa shape index (κ2) is 5.09. The molecule has 1 amide bonds. The van der Waals surface area contributed by atoms with Crippen LogP contribution < -0.4 is 5.32 Å². The molecule has 0 unspecified atom stereocenters. The van der Waals surface area contributed by atoms with Gasteiger partial charge >= 0.3 is 6.18 Å². The van der Waals surface area contributed by atoms with Crippen LogP contribution in [0, 0.1) is 5.92 Å². The standard InChI is InChI=1S/C8H14F3NO/c1-6(2)5-7(13)12-4-3-8(9,10)11/h6H,3-5H2,1-2H3,(H,12,13). The van der Waals surface area contributed by atoms with Crippen molar-refractivity contribution in [3.8, 4) is 0 Å². The predicted molar refractivity (Wildman–Crippen MR) is 43.1 cm³/mol. The van der Waals surface area contributed by atoms with Crippen molar-refractivity contribution in [1.29, 1.82) is 0 Å². The third-order valence-electron chi connectivity index (χ3n) is 1.32. The Morgan fingerprint density at radius 3 is 2.31 bits per heavy atom. The van der Waals surface area contributed by atoms with Crippen LogP contribution in [0.3, 0.4) is 0 Å². The highest BCUT2D eigenvalue weighted by atomic mass is 19.4. The van der Waals surface area contributed by atoms with E-state index >= 15 is 0 Å². The minimum Gasteiger partial charge on any atom is -0.356 e. The molecule has 2 nitrogen and oxygen atoms in total. The smallest absolute Gasteiger partial charge is 0.356 e. The Labute approximate surface area is 75.5 Å². The number of hydrogen-bond donors (Lipinski definition) is 1. The molecule has 1 N–H and O–H groups in total. The molecule has 5 heteroatoms. The molecule has 0 bridgehead atoms. The van der Waals surface area contributed by atoms with Crippen LogP contribution in [0.15, 0.2) is 0 Å². The van der Waals surface area contributed by atoms with Gasteiger partial charge in [0.25, 0.3) is 0 Å². The van der Waals surface area contributed by atoms with E-state index in [1.165, 1.54) is 0 Å². The van der Waals surface area contributed by atoms with Crippen LogP contribution in [0.1, 0.15) is 26.7 Å².